The molecule has 11 heteroatoms. The lowest BCUT2D eigenvalue weighted by molar-refractivity contribution is -0.136. The number of aryl methyl sites for hydroxylation is 1. The highest BCUT2D eigenvalue weighted by Gasteiger charge is 2.41. The third-order valence-corrected chi connectivity index (χ3v) is 8.46. The van der Waals surface area contributed by atoms with Gasteiger partial charge in [-0.25, -0.2) is 14.2 Å². The molecule has 1 atom stereocenters. The Morgan fingerprint density at radius 2 is 2.05 bits per heavy atom. The predicted molar refractivity (Wildman–Crippen MR) is 136 cm³/mol. The lowest BCUT2D eigenvalue weighted by Gasteiger charge is -2.35. The van der Waals surface area contributed by atoms with Crippen molar-refractivity contribution in [2.45, 2.75) is 63.8 Å². The number of piperidine rings is 1. The summed E-state index contributed by atoms with van der Waals surface area (Å²) in [5.41, 5.74) is 5.75. The first-order valence-electron chi connectivity index (χ1n) is 12.5. The van der Waals surface area contributed by atoms with Crippen LogP contribution in [-0.2, 0) is 27.4 Å². The molecule has 1 saturated carbocycles. The maximum Gasteiger partial charge on any atom is 0.407 e. The molecule has 2 aliphatic heterocycles. The second-order valence-electron chi connectivity index (χ2n) is 10.0. The molecule has 38 heavy (non-hydrogen) atoms. The number of nitrogens with one attached hydrogen (secondary N) is 2. The number of alkyl carbamates (subject to hydrolysis) is 1. The lowest BCUT2D eigenvalue weighted by atomic mass is 9.75. The Hall–Kier alpha value is -3.86. The summed E-state index contributed by atoms with van der Waals surface area (Å²) in [7, 11) is 0. The standard InChI is InChI=1S/C27H25FN4O5S/c1-13-2-6-19-24(30-12-38-19)21(13)16-8-17(9-16)37-27(36)29-10-14-3-4-15-11-32(26(35)22(15)23(14)28)18-5-7-20(33)31-25(18)34/h2-4,6,12,16-18H,5,7-11H2,1H3,(H,29,36)(H,31,33,34)/t16?,17?,18-/m1/s1. The molecular formula is C27H25FN4O5S. The predicted octanol–water partition coefficient (Wildman–Crippen LogP) is 3.68. The Kier molecular flexibility index (Phi) is 6.10. The Morgan fingerprint density at radius 3 is 2.84 bits per heavy atom. The smallest absolute Gasteiger partial charge is 0.407 e. The average molecular weight is 537 g/mol. The van der Waals surface area contributed by atoms with Gasteiger partial charge in [-0.1, -0.05) is 18.2 Å². The van der Waals surface area contributed by atoms with Crippen LogP contribution in [0.4, 0.5) is 9.18 Å². The molecule has 0 bridgehead atoms. The van der Waals surface area contributed by atoms with Crippen LogP contribution in [0.5, 0.6) is 0 Å². The van der Waals surface area contributed by atoms with Crippen LogP contribution in [0.25, 0.3) is 10.2 Å². The van der Waals surface area contributed by atoms with Crippen LogP contribution < -0.4 is 10.6 Å². The fourth-order valence-corrected chi connectivity index (χ4v) is 6.31. The maximum atomic E-state index is 15.3. The summed E-state index contributed by atoms with van der Waals surface area (Å²) in [6.45, 7) is 2.01. The van der Waals surface area contributed by atoms with Crippen molar-refractivity contribution in [3.05, 3.63) is 63.4 Å². The van der Waals surface area contributed by atoms with Crippen LogP contribution in [-0.4, -0.2) is 45.8 Å². The van der Waals surface area contributed by atoms with Gasteiger partial charge in [0.05, 0.1) is 21.3 Å². The third kappa shape index (κ3) is 4.20. The maximum absolute atomic E-state index is 15.3. The number of ether oxygens (including phenoxy) is 1. The minimum atomic E-state index is -0.818. The topological polar surface area (TPSA) is 118 Å². The van der Waals surface area contributed by atoms with Crippen molar-refractivity contribution in [1.82, 2.24) is 20.5 Å². The number of nitrogens with zero attached hydrogens (tertiary/aromatic N) is 2. The molecule has 2 fully saturated rings. The fraction of sp³-hybridized carbons (Fsp3) is 0.370. The molecule has 0 unspecified atom stereocenters. The van der Waals surface area contributed by atoms with E-state index in [-0.39, 0.29) is 55.0 Å². The molecule has 196 valence electrons. The van der Waals surface area contributed by atoms with Gasteiger partial charge in [-0.2, -0.15) is 0 Å². The number of aromatic nitrogens is 1. The number of fused-ring (bicyclic) bond motifs is 2. The van der Waals surface area contributed by atoms with Crippen LogP contribution in [0.15, 0.2) is 29.8 Å². The summed E-state index contributed by atoms with van der Waals surface area (Å²) in [5.74, 6) is -1.98. The fourth-order valence-electron chi connectivity index (χ4n) is 5.62. The normalized spacial score (nSPS) is 22.7. The highest BCUT2D eigenvalue weighted by molar-refractivity contribution is 7.16. The molecule has 2 aromatic carbocycles. The van der Waals surface area contributed by atoms with E-state index >= 15 is 4.39 Å². The highest BCUT2D eigenvalue weighted by Crippen LogP contribution is 2.43. The Balaban J connectivity index is 1.05. The van der Waals surface area contributed by atoms with Crippen LogP contribution in [0.1, 0.15) is 64.2 Å². The largest absolute Gasteiger partial charge is 0.446 e. The summed E-state index contributed by atoms with van der Waals surface area (Å²) in [6.07, 6.45) is 0.839. The number of rotatable bonds is 5. The van der Waals surface area contributed by atoms with E-state index < -0.39 is 29.8 Å². The minimum absolute atomic E-state index is 0.0874. The van der Waals surface area contributed by atoms with Crippen molar-refractivity contribution in [1.29, 1.82) is 0 Å². The molecule has 3 aliphatic rings. The summed E-state index contributed by atoms with van der Waals surface area (Å²) < 4.78 is 22.0. The van der Waals surface area contributed by atoms with E-state index in [1.165, 1.54) is 22.1 Å². The summed E-state index contributed by atoms with van der Waals surface area (Å²) in [6, 6.07) is 6.50. The van der Waals surface area contributed by atoms with E-state index in [1.54, 1.807) is 17.4 Å². The zero-order chi connectivity index (χ0) is 26.6. The van der Waals surface area contributed by atoms with Crippen molar-refractivity contribution < 1.29 is 28.3 Å². The van der Waals surface area contributed by atoms with Gasteiger partial charge in [-0.15, -0.1) is 11.3 Å². The van der Waals surface area contributed by atoms with Crippen molar-refractivity contribution in [2.75, 3.05) is 0 Å². The highest BCUT2D eigenvalue weighted by atomic mass is 32.1. The molecule has 1 aliphatic carbocycles. The van der Waals surface area contributed by atoms with Gasteiger partial charge in [0, 0.05) is 25.1 Å². The number of benzene rings is 2. The Morgan fingerprint density at radius 1 is 1.24 bits per heavy atom. The van der Waals surface area contributed by atoms with E-state index in [0.717, 1.165) is 10.2 Å². The zero-order valence-corrected chi connectivity index (χ0v) is 21.4. The number of carbonyl (C=O) groups excluding carboxylic acids is 4. The molecule has 2 N–H and O–H groups in total. The summed E-state index contributed by atoms with van der Waals surface area (Å²) in [4.78, 5) is 54.8. The van der Waals surface area contributed by atoms with Gasteiger partial charge in [0.15, 0.2) is 0 Å². The molecule has 1 aromatic heterocycles. The molecule has 1 saturated heterocycles. The summed E-state index contributed by atoms with van der Waals surface area (Å²) >= 11 is 1.60. The SMILES string of the molecule is Cc1ccc2scnc2c1C1CC(OC(=O)NCc2ccc3c(c2F)C(=O)N([C@@H]2CCC(=O)NC2=O)C3)C1. The first-order chi connectivity index (χ1) is 18.3. The quantitative estimate of drug-likeness (QED) is 0.481. The molecule has 3 aromatic rings. The molecule has 0 radical (unpaired) electrons. The number of imide groups is 1. The molecular weight excluding hydrogens is 511 g/mol. The number of hydrogen-bond donors (Lipinski definition) is 2. The second-order valence-corrected chi connectivity index (χ2v) is 10.9. The number of halogens is 1. The number of thiazole rings is 1. The average Bonchev–Trinajstić information content (AvgIpc) is 3.46. The molecule has 9 nitrogen and oxygen atoms in total. The van der Waals surface area contributed by atoms with Gasteiger partial charge in [0.2, 0.25) is 11.8 Å². The Labute approximate surface area is 221 Å². The zero-order valence-electron chi connectivity index (χ0n) is 20.6. The number of hydrogen-bond acceptors (Lipinski definition) is 7. The van der Waals surface area contributed by atoms with Gasteiger partial charge in [0.25, 0.3) is 5.91 Å². The lowest BCUT2D eigenvalue weighted by Crippen LogP contribution is -2.52. The van der Waals surface area contributed by atoms with Crippen molar-refractivity contribution >= 4 is 45.4 Å². The summed E-state index contributed by atoms with van der Waals surface area (Å²) in [5, 5.41) is 4.81. The van der Waals surface area contributed by atoms with Crippen LogP contribution in [0, 0.1) is 12.7 Å². The molecule has 0 spiro atoms. The minimum Gasteiger partial charge on any atom is -0.446 e. The first-order valence-corrected chi connectivity index (χ1v) is 13.4. The monoisotopic (exact) mass is 536 g/mol. The molecule has 3 heterocycles. The molecule has 4 amide bonds. The van der Waals surface area contributed by atoms with E-state index in [9.17, 15) is 19.2 Å². The number of carbonyl (C=O) groups is 4. The second kappa shape index (κ2) is 9.46. The van der Waals surface area contributed by atoms with Crippen molar-refractivity contribution in [3.8, 4) is 0 Å². The van der Waals surface area contributed by atoms with E-state index in [2.05, 4.69) is 34.7 Å². The van der Waals surface area contributed by atoms with E-state index in [4.69, 9.17) is 4.74 Å². The number of amides is 4. The van der Waals surface area contributed by atoms with Gasteiger partial charge in [-0.05, 0) is 54.9 Å². The Bertz CT molecular complexity index is 1500. The van der Waals surface area contributed by atoms with Gasteiger partial charge in [-0.3, -0.25) is 19.7 Å². The molecule has 6 rings (SSSR count). The van der Waals surface area contributed by atoms with Crippen molar-refractivity contribution in [3.63, 3.8) is 0 Å². The van der Waals surface area contributed by atoms with E-state index in [0.29, 0.717) is 18.4 Å². The van der Waals surface area contributed by atoms with Crippen LogP contribution >= 0.6 is 11.3 Å². The first kappa shape index (κ1) is 24.5. The van der Waals surface area contributed by atoms with Gasteiger partial charge >= 0.3 is 6.09 Å². The van der Waals surface area contributed by atoms with E-state index in [1.807, 2.05) is 5.51 Å². The van der Waals surface area contributed by atoms with Gasteiger partial charge < -0.3 is 15.0 Å². The van der Waals surface area contributed by atoms with Crippen molar-refractivity contribution in [2.24, 2.45) is 0 Å². The van der Waals surface area contributed by atoms with Crippen LogP contribution in [0.2, 0.25) is 0 Å². The van der Waals surface area contributed by atoms with Gasteiger partial charge in [0.1, 0.15) is 18.0 Å². The van der Waals surface area contributed by atoms with Crippen LogP contribution in [0.3, 0.4) is 0 Å². The third-order valence-electron chi connectivity index (χ3n) is 7.67.